The molecule has 0 saturated carbocycles. The number of nitrogens with zero attached hydrogens (tertiary/aromatic N) is 1. The molecular weight excluding hydrogens is 136 g/mol. The Balaban J connectivity index is 2.73. The number of carbonyl (C=O) groups excluding carboxylic acids is 2. The number of rotatable bonds is 1. The van der Waals surface area contributed by atoms with Crippen LogP contribution < -0.4 is 5.32 Å². The minimum Gasteiger partial charge on any atom is -0.394 e. The van der Waals surface area contributed by atoms with Crippen LogP contribution in [-0.4, -0.2) is 41.6 Å². The third kappa shape index (κ3) is 0.841. The Bertz CT molecular complexity index is 180. The highest BCUT2D eigenvalue weighted by atomic mass is 16.3. The van der Waals surface area contributed by atoms with Crippen molar-refractivity contribution in [3.63, 3.8) is 0 Å². The molecule has 10 heavy (non-hydrogen) atoms. The first kappa shape index (κ1) is 7.01. The van der Waals surface area contributed by atoms with Gasteiger partial charge in [-0.1, -0.05) is 0 Å². The molecule has 1 atom stereocenters. The van der Waals surface area contributed by atoms with Crippen LogP contribution in [0.1, 0.15) is 0 Å². The lowest BCUT2D eigenvalue weighted by Gasteiger charge is -2.11. The van der Waals surface area contributed by atoms with Crippen LogP contribution in [0, 0.1) is 0 Å². The molecule has 0 radical (unpaired) electrons. The van der Waals surface area contributed by atoms with Crippen molar-refractivity contribution in [3.8, 4) is 0 Å². The maximum absolute atomic E-state index is 10.7. The first-order valence-electron chi connectivity index (χ1n) is 2.85. The lowest BCUT2D eigenvalue weighted by Crippen LogP contribution is -2.34. The molecule has 0 aliphatic carbocycles. The van der Waals surface area contributed by atoms with Crippen molar-refractivity contribution >= 4 is 11.9 Å². The molecule has 1 unspecified atom stereocenters. The second-order valence-electron chi connectivity index (χ2n) is 2.10. The van der Waals surface area contributed by atoms with Crippen LogP contribution in [0.5, 0.6) is 0 Å². The largest absolute Gasteiger partial charge is 0.394 e. The number of nitrogens with one attached hydrogen (secondary N) is 1. The fourth-order valence-electron chi connectivity index (χ4n) is 0.800. The van der Waals surface area contributed by atoms with Crippen molar-refractivity contribution < 1.29 is 14.7 Å². The number of imide groups is 1. The molecule has 0 aromatic rings. The summed E-state index contributed by atoms with van der Waals surface area (Å²) in [6.07, 6.45) is 0. The number of aliphatic hydroxyl groups is 1. The highest BCUT2D eigenvalue weighted by Crippen LogP contribution is 2.03. The molecule has 1 aliphatic heterocycles. The van der Waals surface area contributed by atoms with Crippen LogP contribution in [0.4, 0.5) is 4.79 Å². The van der Waals surface area contributed by atoms with E-state index in [-0.39, 0.29) is 6.61 Å². The van der Waals surface area contributed by atoms with Crippen LogP contribution >= 0.6 is 0 Å². The van der Waals surface area contributed by atoms with Gasteiger partial charge in [-0.15, -0.1) is 0 Å². The summed E-state index contributed by atoms with van der Waals surface area (Å²) in [5.41, 5.74) is 0. The molecular formula is C5H8N2O3. The number of hydrogen-bond acceptors (Lipinski definition) is 3. The van der Waals surface area contributed by atoms with E-state index >= 15 is 0 Å². The Kier molecular flexibility index (Phi) is 1.58. The van der Waals surface area contributed by atoms with Gasteiger partial charge < -0.3 is 10.0 Å². The fourth-order valence-corrected chi connectivity index (χ4v) is 0.800. The molecule has 1 saturated heterocycles. The van der Waals surface area contributed by atoms with Crippen LogP contribution in [0.2, 0.25) is 0 Å². The summed E-state index contributed by atoms with van der Waals surface area (Å²) in [5.74, 6) is -0.435. The van der Waals surface area contributed by atoms with E-state index in [9.17, 15) is 9.59 Å². The van der Waals surface area contributed by atoms with Gasteiger partial charge in [0.2, 0.25) is 0 Å². The summed E-state index contributed by atoms with van der Waals surface area (Å²) >= 11 is 0. The smallest absolute Gasteiger partial charge is 0.324 e. The zero-order valence-electron chi connectivity index (χ0n) is 5.50. The number of urea groups is 1. The average Bonchev–Trinajstić information content (AvgIpc) is 2.09. The van der Waals surface area contributed by atoms with E-state index in [2.05, 4.69) is 5.32 Å². The first-order chi connectivity index (χ1) is 4.66. The molecule has 5 nitrogen and oxygen atoms in total. The summed E-state index contributed by atoms with van der Waals surface area (Å²) in [6, 6.07) is -1.16. The molecule has 5 heteroatoms. The lowest BCUT2D eigenvalue weighted by molar-refractivity contribution is -0.122. The zero-order chi connectivity index (χ0) is 7.72. The Morgan fingerprint density at radius 3 is 2.50 bits per heavy atom. The maximum atomic E-state index is 10.7. The molecule has 3 amide bonds. The summed E-state index contributed by atoms with van der Waals surface area (Å²) in [4.78, 5) is 22.5. The van der Waals surface area contributed by atoms with Crippen molar-refractivity contribution in [1.82, 2.24) is 10.2 Å². The summed E-state index contributed by atoms with van der Waals surface area (Å²) < 4.78 is 0. The van der Waals surface area contributed by atoms with E-state index in [0.29, 0.717) is 0 Å². The van der Waals surface area contributed by atoms with E-state index in [1.165, 1.54) is 11.9 Å². The van der Waals surface area contributed by atoms with Gasteiger partial charge in [-0.3, -0.25) is 10.1 Å². The molecule has 1 fully saturated rings. The summed E-state index contributed by atoms with van der Waals surface area (Å²) in [6.45, 7) is -0.325. The van der Waals surface area contributed by atoms with Gasteiger partial charge in [-0.2, -0.15) is 0 Å². The van der Waals surface area contributed by atoms with Crippen LogP contribution in [-0.2, 0) is 4.79 Å². The van der Waals surface area contributed by atoms with Gasteiger partial charge >= 0.3 is 6.03 Å². The molecule has 56 valence electrons. The Morgan fingerprint density at radius 1 is 1.70 bits per heavy atom. The van der Waals surface area contributed by atoms with Gasteiger partial charge in [0, 0.05) is 7.05 Å². The third-order valence-electron chi connectivity index (χ3n) is 1.49. The number of amides is 3. The third-order valence-corrected chi connectivity index (χ3v) is 1.49. The van der Waals surface area contributed by atoms with Crippen LogP contribution in [0.3, 0.4) is 0 Å². The van der Waals surface area contributed by atoms with Gasteiger partial charge in [0.05, 0.1) is 6.61 Å². The van der Waals surface area contributed by atoms with Gasteiger partial charge in [-0.25, -0.2) is 4.79 Å². The standard InChI is InChI=1S/C5H8N2O3/c1-7-3(2-8)4(9)6-5(7)10/h3,8H,2H2,1H3,(H,6,9,10). The van der Waals surface area contributed by atoms with E-state index in [0.717, 1.165) is 0 Å². The summed E-state index contributed by atoms with van der Waals surface area (Å²) in [5, 5.41) is 10.6. The van der Waals surface area contributed by atoms with E-state index in [1.54, 1.807) is 0 Å². The second kappa shape index (κ2) is 2.26. The monoisotopic (exact) mass is 144 g/mol. The first-order valence-corrected chi connectivity index (χ1v) is 2.85. The molecule has 1 heterocycles. The van der Waals surface area contributed by atoms with Gasteiger partial charge in [0.25, 0.3) is 5.91 Å². The van der Waals surface area contributed by atoms with Crippen LogP contribution in [0.15, 0.2) is 0 Å². The molecule has 1 rings (SSSR count). The quantitative estimate of drug-likeness (QED) is 0.441. The van der Waals surface area contributed by atoms with Gasteiger partial charge in [-0.05, 0) is 0 Å². The zero-order valence-corrected chi connectivity index (χ0v) is 5.50. The molecule has 1 aliphatic rings. The highest BCUT2D eigenvalue weighted by Gasteiger charge is 2.34. The molecule has 2 N–H and O–H groups in total. The molecule has 0 bridgehead atoms. The SMILES string of the molecule is CN1C(=O)NC(=O)C1CO. The van der Waals surface area contributed by atoms with Crippen molar-refractivity contribution in [2.75, 3.05) is 13.7 Å². The number of likely N-dealkylation sites (N-methyl/N-ethyl adjacent to an activating group) is 1. The van der Waals surface area contributed by atoms with Crippen molar-refractivity contribution in [2.24, 2.45) is 0 Å². The second-order valence-corrected chi connectivity index (χ2v) is 2.10. The highest BCUT2D eigenvalue weighted by molar-refractivity contribution is 6.04. The maximum Gasteiger partial charge on any atom is 0.324 e. The predicted octanol–water partition coefficient (Wildman–Crippen LogP) is -1.47. The van der Waals surface area contributed by atoms with Crippen molar-refractivity contribution in [2.45, 2.75) is 6.04 Å². The lowest BCUT2D eigenvalue weighted by atomic mass is 10.3. The predicted molar refractivity (Wildman–Crippen MR) is 32.2 cm³/mol. The number of carbonyl (C=O) groups is 2. The minimum absolute atomic E-state index is 0.325. The minimum atomic E-state index is -0.701. The summed E-state index contributed by atoms with van der Waals surface area (Å²) in [7, 11) is 1.46. The Hall–Kier alpha value is -1.10. The molecule has 0 spiro atoms. The number of aliphatic hydroxyl groups excluding tert-OH is 1. The fraction of sp³-hybridized carbons (Fsp3) is 0.600. The average molecular weight is 144 g/mol. The van der Waals surface area contributed by atoms with Crippen LogP contribution in [0.25, 0.3) is 0 Å². The van der Waals surface area contributed by atoms with E-state index in [1.807, 2.05) is 0 Å². The van der Waals surface area contributed by atoms with E-state index < -0.39 is 18.0 Å². The van der Waals surface area contributed by atoms with Crippen molar-refractivity contribution in [1.29, 1.82) is 0 Å². The topological polar surface area (TPSA) is 69.6 Å². The van der Waals surface area contributed by atoms with Gasteiger partial charge in [0.15, 0.2) is 0 Å². The normalized spacial score (nSPS) is 25.4. The Morgan fingerprint density at radius 2 is 2.30 bits per heavy atom. The molecule has 0 aromatic carbocycles. The number of hydrogen-bond donors (Lipinski definition) is 2. The van der Waals surface area contributed by atoms with Gasteiger partial charge in [0.1, 0.15) is 6.04 Å². The van der Waals surface area contributed by atoms with Crippen molar-refractivity contribution in [3.05, 3.63) is 0 Å². The molecule has 0 aromatic heterocycles. The van der Waals surface area contributed by atoms with E-state index in [4.69, 9.17) is 5.11 Å². The Labute approximate surface area is 57.6 Å².